The summed E-state index contributed by atoms with van der Waals surface area (Å²) in [5, 5.41) is 25.9. The summed E-state index contributed by atoms with van der Waals surface area (Å²) in [6.45, 7) is 5.99. The summed E-state index contributed by atoms with van der Waals surface area (Å²) >= 11 is 6.64. The van der Waals surface area contributed by atoms with E-state index in [0.29, 0.717) is 50.2 Å². The molecule has 2 aromatic heterocycles. The number of pyridine rings is 1. The van der Waals surface area contributed by atoms with Crippen molar-refractivity contribution in [1.29, 1.82) is 5.26 Å². The van der Waals surface area contributed by atoms with Crippen molar-refractivity contribution >= 4 is 33.9 Å². The third-order valence-corrected chi connectivity index (χ3v) is 5.92. The summed E-state index contributed by atoms with van der Waals surface area (Å²) in [7, 11) is 0. The highest BCUT2D eigenvalue weighted by molar-refractivity contribution is 6.35. The van der Waals surface area contributed by atoms with Crippen LogP contribution in [0.3, 0.4) is 0 Å². The van der Waals surface area contributed by atoms with E-state index < -0.39 is 11.8 Å². The number of hydrogen-bond donors (Lipinski definition) is 2. The van der Waals surface area contributed by atoms with Gasteiger partial charge in [-0.25, -0.2) is 9.07 Å². The van der Waals surface area contributed by atoms with Crippen molar-refractivity contribution in [3.05, 3.63) is 76.5 Å². The SMILES string of the molecule is [2H][C@](Nc1cc(Cl)c2ncc(C#N)c(NC(C)(C)C)c2c1)(c1ccc(F)cc1)c1cn(C2CC2)nn1. The van der Waals surface area contributed by atoms with Gasteiger partial charge in [0.15, 0.2) is 0 Å². The summed E-state index contributed by atoms with van der Waals surface area (Å²) in [4.78, 5) is 4.40. The van der Waals surface area contributed by atoms with Crippen LogP contribution in [-0.2, 0) is 0 Å². The van der Waals surface area contributed by atoms with Gasteiger partial charge in [0.1, 0.15) is 17.6 Å². The highest BCUT2D eigenvalue weighted by Gasteiger charge is 2.27. The van der Waals surface area contributed by atoms with Gasteiger partial charge in [0.2, 0.25) is 0 Å². The van der Waals surface area contributed by atoms with Gasteiger partial charge in [0.05, 0.1) is 41.4 Å². The molecule has 1 atom stereocenters. The molecule has 2 N–H and O–H groups in total. The molecular weight excluding hydrogens is 465 g/mol. The second-order valence-electron chi connectivity index (χ2n) is 9.71. The quantitative estimate of drug-likeness (QED) is 0.332. The minimum absolute atomic E-state index is 0.292. The Balaban J connectivity index is 1.65. The Hall–Kier alpha value is -3.70. The predicted molar refractivity (Wildman–Crippen MR) is 135 cm³/mol. The monoisotopic (exact) mass is 490 g/mol. The summed E-state index contributed by atoms with van der Waals surface area (Å²) < 4.78 is 25.0. The van der Waals surface area contributed by atoms with E-state index in [1.165, 1.54) is 18.3 Å². The van der Waals surface area contributed by atoms with Gasteiger partial charge in [-0.15, -0.1) is 5.10 Å². The minimum Gasteiger partial charge on any atom is -0.379 e. The maximum atomic E-state index is 13.7. The molecule has 9 heteroatoms. The van der Waals surface area contributed by atoms with Crippen LogP contribution in [0.5, 0.6) is 0 Å². The van der Waals surface area contributed by atoms with Crippen molar-refractivity contribution in [2.24, 2.45) is 0 Å². The van der Waals surface area contributed by atoms with E-state index in [-0.39, 0.29) is 5.54 Å². The number of fused-ring (bicyclic) bond motifs is 1. The molecular formula is C26H25ClFN7. The third kappa shape index (κ3) is 4.91. The topological polar surface area (TPSA) is 91.5 Å². The summed E-state index contributed by atoms with van der Waals surface area (Å²) in [5.41, 5.74) is 2.57. The van der Waals surface area contributed by atoms with E-state index in [4.69, 9.17) is 11.6 Å². The summed E-state index contributed by atoms with van der Waals surface area (Å²) in [6, 6.07) is 10.1. The van der Waals surface area contributed by atoms with Crippen molar-refractivity contribution in [2.75, 3.05) is 10.6 Å². The van der Waals surface area contributed by atoms with Gasteiger partial charge in [0.25, 0.3) is 0 Å². The molecule has 0 unspecified atom stereocenters. The number of nitriles is 1. The smallest absolute Gasteiger partial charge is 0.123 e. The molecule has 0 aliphatic heterocycles. The maximum absolute atomic E-state index is 13.7. The molecule has 2 aromatic carbocycles. The maximum Gasteiger partial charge on any atom is 0.123 e. The number of hydrogen-bond acceptors (Lipinski definition) is 6. The fourth-order valence-corrected chi connectivity index (χ4v) is 4.15. The summed E-state index contributed by atoms with van der Waals surface area (Å²) in [5.74, 6) is -0.399. The van der Waals surface area contributed by atoms with E-state index >= 15 is 0 Å². The fourth-order valence-electron chi connectivity index (χ4n) is 3.88. The number of anilines is 2. The number of rotatable bonds is 6. The van der Waals surface area contributed by atoms with Gasteiger partial charge in [0, 0.05) is 22.8 Å². The molecule has 0 bridgehead atoms. The molecule has 1 saturated carbocycles. The molecule has 1 aliphatic rings. The van der Waals surface area contributed by atoms with Crippen LogP contribution in [-0.4, -0.2) is 25.5 Å². The van der Waals surface area contributed by atoms with Crippen molar-refractivity contribution in [3.63, 3.8) is 0 Å². The average Bonchev–Trinajstić information content (AvgIpc) is 3.55. The lowest BCUT2D eigenvalue weighted by Gasteiger charge is -2.25. The Labute approximate surface area is 209 Å². The first-order chi connectivity index (χ1) is 17.1. The molecule has 2 heterocycles. The normalized spacial score (nSPS) is 15.8. The lowest BCUT2D eigenvalue weighted by Crippen LogP contribution is -2.26. The Morgan fingerprint density at radius 3 is 2.66 bits per heavy atom. The van der Waals surface area contributed by atoms with Crippen LogP contribution in [0.15, 0.2) is 48.8 Å². The lowest BCUT2D eigenvalue weighted by molar-refractivity contribution is 0.610. The standard InChI is InChI=1S/C26H25ClFN7/c1-26(2,3)32-23-16(12-29)13-30-25-20(23)10-18(11-21(25)27)31-24(15-4-6-17(28)7-5-15)22-14-35(34-33-22)19-8-9-19/h4-7,10-11,13-14,19,24,31H,8-9H2,1-3H3,(H,30,32)/t24-/m0/s1/i24D. The largest absolute Gasteiger partial charge is 0.379 e. The molecule has 35 heavy (non-hydrogen) atoms. The number of aromatic nitrogens is 4. The Morgan fingerprint density at radius 1 is 1.26 bits per heavy atom. The minimum atomic E-state index is -1.59. The van der Waals surface area contributed by atoms with Crippen LogP contribution in [0, 0.1) is 17.1 Å². The zero-order valence-corrected chi connectivity index (χ0v) is 20.4. The Kier molecular flexibility index (Phi) is 5.50. The van der Waals surface area contributed by atoms with Crippen molar-refractivity contribution in [2.45, 2.75) is 51.2 Å². The second kappa shape index (κ2) is 8.82. The van der Waals surface area contributed by atoms with Crippen LogP contribution in [0.1, 0.15) is 63.9 Å². The van der Waals surface area contributed by atoms with E-state index in [9.17, 15) is 11.0 Å². The molecule has 0 amide bonds. The number of nitrogens with one attached hydrogen (secondary N) is 2. The van der Waals surface area contributed by atoms with Crippen LogP contribution in [0.2, 0.25) is 5.02 Å². The summed E-state index contributed by atoms with van der Waals surface area (Å²) in [6.07, 6.45) is 5.30. The molecule has 0 spiro atoms. The van der Waals surface area contributed by atoms with Gasteiger partial charge in [-0.3, -0.25) is 4.98 Å². The average molecular weight is 491 g/mol. The third-order valence-electron chi connectivity index (χ3n) is 5.63. The predicted octanol–water partition coefficient (Wildman–Crippen LogP) is 6.24. The molecule has 0 radical (unpaired) electrons. The Bertz CT molecular complexity index is 1490. The number of benzene rings is 2. The van der Waals surface area contributed by atoms with Gasteiger partial charge in [-0.2, -0.15) is 5.26 Å². The molecule has 1 aliphatic carbocycles. The van der Waals surface area contributed by atoms with Gasteiger partial charge >= 0.3 is 0 Å². The van der Waals surface area contributed by atoms with E-state index in [0.717, 1.165) is 12.8 Å². The van der Waals surface area contributed by atoms with Crippen LogP contribution in [0.4, 0.5) is 15.8 Å². The van der Waals surface area contributed by atoms with Crippen LogP contribution in [0.25, 0.3) is 10.9 Å². The lowest BCUT2D eigenvalue weighted by atomic mass is 10.0. The first-order valence-electron chi connectivity index (χ1n) is 11.8. The number of halogens is 2. The molecule has 178 valence electrons. The molecule has 7 nitrogen and oxygen atoms in total. The van der Waals surface area contributed by atoms with Gasteiger partial charge < -0.3 is 10.6 Å². The van der Waals surface area contributed by atoms with Crippen LogP contribution >= 0.6 is 11.6 Å². The van der Waals surface area contributed by atoms with Crippen molar-refractivity contribution in [3.8, 4) is 6.07 Å². The van der Waals surface area contributed by atoms with Gasteiger partial charge in [-0.1, -0.05) is 28.9 Å². The first-order valence-corrected chi connectivity index (χ1v) is 11.7. The van der Waals surface area contributed by atoms with Crippen molar-refractivity contribution in [1.82, 2.24) is 20.0 Å². The molecule has 1 fully saturated rings. The highest BCUT2D eigenvalue weighted by atomic mass is 35.5. The zero-order valence-electron chi connectivity index (χ0n) is 20.6. The first kappa shape index (κ1) is 21.8. The van der Waals surface area contributed by atoms with E-state index in [1.54, 1.807) is 35.1 Å². The van der Waals surface area contributed by atoms with Crippen LogP contribution < -0.4 is 10.6 Å². The van der Waals surface area contributed by atoms with E-state index in [2.05, 4.69) is 32.0 Å². The molecule has 5 rings (SSSR count). The molecule has 0 saturated heterocycles. The van der Waals surface area contributed by atoms with Crippen molar-refractivity contribution < 1.29 is 5.76 Å². The second-order valence-corrected chi connectivity index (χ2v) is 10.1. The van der Waals surface area contributed by atoms with E-state index in [1.807, 2.05) is 20.8 Å². The fraction of sp³-hybridized carbons (Fsp3) is 0.308. The highest BCUT2D eigenvalue weighted by Crippen LogP contribution is 2.37. The molecule has 4 aromatic rings. The zero-order chi connectivity index (χ0) is 25.7. The Morgan fingerprint density at radius 2 is 2.00 bits per heavy atom. The van der Waals surface area contributed by atoms with Gasteiger partial charge in [-0.05, 0) is 63.4 Å². The number of nitrogens with zero attached hydrogens (tertiary/aromatic N) is 5.